The van der Waals surface area contributed by atoms with E-state index in [0.717, 1.165) is 19.4 Å². The van der Waals surface area contributed by atoms with Crippen molar-refractivity contribution in [3.8, 4) is 0 Å². The molecule has 1 aliphatic heterocycles. The predicted octanol–water partition coefficient (Wildman–Crippen LogP) is 1.20. The molecule has 0 aromatic carbocycles. The molecule has 5 nitrogen and oxygen atoms in total. The molecular weight excluding hydrogens is 230 g/mol. The minimum absolute atomic E-state index is 0.0481. The van der Waals surface area contributed by atoms with Crippen molar-refractivity contribution in [3.63, 3.8) is 0 Å². The Morgan fingerprint density at radius 3 is 2.94 bits per heavy atom. The molecule has 18 heavy (non-hydrogen) atoms. The first-order valence-electron chi connectivity index (χ1n) is 6.56. The van der Waals surface area contributed by atoms with Gasteiger partial charge in [0.2, 0.25) is 5.91 Å². The van der Waals surface area contributed by atoms with E-state index in [1.807, 2.05) is 16.8 Å². The minimum Gasteiger partial charge on any atom is -0.381 e. The number of aliphatic imine (C=N–C) groups is 1. The summed E-state index contributed by atoms with van der Waals surface area (Å²) in [5, 5.41) is 0. The maximum absolute atomic E-state index is 12.1. The maximum Gasteiger partial charge on any atom is 0.224 e. The van der Waals surface area contributed by atoms with E-state index in [1.165, 1.54) is 0 Å². The number of hydrogen-bond acceptors (Lipinski definition) is 3. The SMILES string of the molecule is CCCC1CC(=O)N(C(COC)N(C)C=NC)C1. The van der Waals surface area contributed by atoms with E-state index < -0.39 is 0 Å². The monoisotopic (exact) mass is 255 g/mol. The highest BCUT2D eigenvalue weighted by atomic mass is 16.5. The zero-order valence-corrected chi connectivity index (χ0v) is 11.9. The van der Waals surface area contributed by atoms with Gasteiger partial charge in [0.15, 0.2) is 0 Å². The number of carbonyl (C=O) groups is 1. The van der Waals surface area contributed by atoms with Crippen molar-refractivity contribution in [2.45, 2.75) is 32.4 Å². The number of carbonyl (C=O) groups excluding carboxylic acids is 1. The highest BCUT2D eigenvalue weighted by Crippen LogP contribution is 2.24. The van der Waals surface area contributed by atoms with E-state index in [4.69, 9.17) is 4.74 Å². The average Bonchev–Trinajstić information content (AvgIpc) is 2.68. The van der Waals surface area contributed by atoms with Crippen molar-refractivity contribution in [2.75, 3.05) is 34.4 Å². The van der Waals surface area contributed by atoms with Gasteiger partial charge in [0, 0.05) is 34.2 Å². The van der Waals surface area contributed by atoms with Crippen molar-refractivity contribution >= 4 is 12.2 Å². The molecule has 0 bridgehead atoms. The highest BCUT2D eigenvalue weighted by molar-refractivity contribution is 5.79. The summed E-state index contributed by atoms with van der Waals surface area (Å²) in [5.74, 6) is 0.723. The van der Waals surface area contributed by atoms with E-state index in [2.05, 4.69) is 11.9 Å². The second-order valence-corrected chi connectivity index (χ2v) is 4.88. The van der Waals surface area contributed by atoms with Crippen LogP contribution in [0, 0.1) is 5.92 Å². The molecule has 0 aliphatic carbocycles. The smallest absolute Gasteiger partial charge is 0.224 e. The molecule has 0 saturated carbocycles. The Bertz CT molecular complexity index is 294. The van der Waals surface area contributed by atoms with Crippen molar-refractivity contribution in [3.05, 3.63) is 0 Å². The Morgan fingerprint density at radius 1 is 1.67 bits per heavy atom. The van der Waals surface area contributed by atoms with Gasteiger partial charge in [-0.3, -0.25) is 9.79 Å². The van der Waals surface area contributed by atoms with Crippen LogP contribution in [-0.4, -0.2) is 62.6 Å². The fraction of sp³-hybridized carbons (Fsp3) is 0.846. The summed E-state index contributed by atoms with van der Waals surface area (Å²) >= 11 is 0. The van der Waals surface area contributed by atoms with Crippen LogP contribution in [0.15, 0.2) is 4.99 Å². The topological polar surface area (TPSA) is 45.1 Å². The number of ether oxygens (including phenoxy) is 1. The first-order valence-corrected chi connectivity index (χ1v) is 6.56. The second-order valence-electron chi connectivity index (χ2n) is 4.88. The Balaban J connectivity index is 2.70. The Labute approximate surface area is 110 Å². The van der Waals surface area contributed by atoms with Crippen LogP contribution in [0.3, 0.4) is 0 Å². The molecule has 1 saturated heterocycles. The van der Waals surface area contributed by atoms with Crippen LogP contribution in [0.2, 0.25) is 0 Å². The molecule has 1 rings (SSSR count). The number of rotatable bonds is 7. The number of likely N-dealkylation sites (tertiary alicyclic amines) is 1. The van der Waals surface area contributed by atoms with Crippen molar-refractivity contribution in [1.29, 1.82) is 0 Å². The average molecular weight is 255 g/mol. The molecule has 0 spiro atoms. The largest absolute Gasteiger partial charge is 0.381 e. The summed E-state index contributed by atoms with van der Waals surface area (Å²) in [6.45, 7) is 3.51. The zero-order chi connectivity index (χ0) is 13.5. The van der Waals surface area contributed by atoms with Gasteiger partial charge in [0.05, 0.1) is 12.9 Å². The van der Waals surface area contributed by atoms with Crippen LogP contribution in [-0.2, 0) is 9.53 Å². The van der Waals surface area contributed by atoms with Crippen LogP contribution in [0.1, 0.15) is 26.2 Å². The third-order valence-electron chi connectivity index (χ3n) is 3.38. The minimum atomic E-state index is -0.0481. The Morgan fingerprint density at radius 2 is 2.39 bits per heavy atom. The van der Waals surface area contributed by atoms with Crippen LogP contribution >= 0.6 is 0 Å². The third kappa shape index (κ3) is 3.70. The Kier molecular flexibility index (Phi) is 6.12. The highest BCUT2D eigenvalue weighted by Gasteiger charge is 2.35. The molecule has 1 amide bonds. The first kappa shape index (κ1) is 15.0. The molecule has 2 atom stereocenters. The summed E-state index contributed by atoms with van der Waals surface area (Å²) in [6, 6.07) is 0. The zero-order valence-electron chi connectivity index (χ0n) is 11.9. The molecule has 1 heterocycles. The van der Waals surface area contributed by atoms with Gasteiger partial charge >= 0.3 is 0 Å². The summed E-state index contributed by atoms with van der Waals surface area (Å²) in [4.78, 5) is 19.9. The van der Waals surface area contributed by atoms with Gasteiger partial charge in [-0.15, -0.1) is 0 Å². The van der Waals surface area contributed by atoms with Crippen LogP contribution in [0.5, 0.6) is 0 Å². The van der Waals surface area contributed by atoms with E-state index in [9.17, 15) is 4.79 Å². The number of methoxy groups -OCH3 is 1. The number of hydrogen-bond donors (Lipinski definition) is 0. The molecule has 1 aliphatic rings. The fourth-order valence-electron chi connectivity index (χ4n) is 2.53. The van der Waals surface area contributed by atoms with E-state index in [1.54, 1.807) is 20.5 Å². The van der Waals surface area contributed by atoms with Gasteiger partial charge < -0.3 is 14.5 Å². The normalized spacial score (nSPS) is 21.9. The number of likely N-dealkylation sites (N-methyl/N-ethyl adjacent to an activating group) is 1. The molecule has 2 unspecified atom stereocenters. The van der Waals surface area contributed by atoms with E-state index >= 15 is 0 Å². The van der Waals surface area contributed by atoms with Crippen molar-refractivity contribution < 1.29 is 9.53 Å². The summed E-state index contributed by atoms with van der Waals surface area (Å²) < 4.78 is 5.23. The van der Waals surface area contributed by atoms with Crippen molar-refractivity contribution in [2.24, 2.45) is 10.9 Å². The van der Waals surface area contributed by atoms with Crippen LogP contribution in [0.25, 0.3) is 0 Å². The van der Waals surface area contributed by atoms with Gasteiger partial charge in [-0.2, -0.15) is 0 Å². The van der Waals surface area contributed by atoms with E-state index in [-0.39, 0.29) is 12.1 Å². The van der Waals surface area contributed by atoms with Gasteiger partial charge in [-0.1, -0.05) is 13.3 Å². The molecule has 0 aromatic heterocycles. The lowest BCUT2D eigenvalue weighted by Gasteiger charge is -2.33. The summed E-state index contributed by atoms with van der Waals surface area (Å²) in [5.41, 5.74) is 0. The van der Waals surface area contributed by atoms with Crippen molar-refractivity contribution in [1.82, 2.24) is 9.80 Å². The summed E-state index contributed by atoms with van der Waals surface area (Å²) in [7, 11) is 5.32. The van der Waals surface area contributed by atoms with Gasteiger partial charge in [0.25, 0.3) is 0 Å². The van der Waals surface area contributed by atoms with Gasteiger partial charge in [-0.25, -0.2) is 0 Å². The molecule has 5 heteroatoms. The Hall–Kier alpha value is -1.10. The van der Waals surface area contributed by atoms with Gasteiger partial charge in [-0.05, 0) is 12.3 Å². The van der Waals surface area contributed by atoms with E-state index in [0.29, 0.717) is 18.9 Å². The summed E-state index contributed by atoms with van der Waals surface area (Å²) in [6.07, 6.45) is 4.61. The number of amides is 1. The predicted molar refractivity (Wildman–Crippen MR) is 72.6 cm³/mol. The lowest BCUT2D eigenvalue weighted by molar-refractivity contribution is -0.133. The standard InChI is InChI=1S/C13H25N3O2/c1-5-6-11-7-13(17)16(8-11)12(9-18-4)15(3)10-14-2/h10-12H,5-9H2,1-4H3. The molecule has 1 fully saturated rings. The van der Waals surface area contributed by atoms with Crippen LogP contribution < -0.4 is 0 Å². The number of nitrogens with zero attached hydrogens (tertiary/aromatic N) is 3. The fourth-order valence-corrected chi connectivity index (χ4v) is 2.53. The molecule has 0 radical (unpaired) electrons. The second kappa shape index (κ2) is 7.36. The first-order chi connectivity index (χ1) is 8.63. The third-order valence-corrected chi connectivity index (χ3v) is 3.38. The molecule has 104 valence electrons. The molecular formula is C13H25N3O2. The van der Waals surface area contributed by atoms with Crippen LogP contribution in [0.4, 0.5) is 0 Å². The maximum atomic E-state index is 12.1. The molecule has 0 N–H and O–H groups in total. The lowest BCUT2D eigenvalue weighted by Crippen LogP contribution is -2.49. The lowest BCUT2D eigenvalue weighted by atomic mass is 10.0. The quantitative estimate of drug-likeness (QED) is 0.507. The molecule has 0 aromatic rings. The van der Waals surface area contributed by atoms with Gasteiger partial charge in [0.1, 0.15) is 6.17 Å².